The van der Waals surface area contributed by atoms with Crippen molar-refractivity contribution >= 4 is 21.7 Å². The van der Waals surface area contributed by atoms with E-state index in [4.69, 9.17) is 0 Å². The molecule has 0 saturated heterocycles. The quantitative estimate of drug-likeness (QED) is 0.891. The van der Waals surface area contributed by atoms with E-state index in [1.165, 1.54) is 0 Å². The van der Waals surface area contributed by atoms with E-state index in [2.05, 4.69) is 32.8 Å². The zero-order chi connectivity index (χ0) is 10.6. The molecular weight excluding hydrogens is 246 g/mol. The molecule has 1 aromatic rings. The standard InChI is InChI=1S/C9H12BrN3O/c1-3-13-5-4-11-8(9(13)14)12-6-7(2)10/h4-5H,2-3,6H2,1H3,(H,11,12). The van der Waals surface area contributed by atoms with Crippen molar-refractivity contribution < 1.29 is 0 Å². The van der Waals surface area contributed by atoms with Crippen LogP contribution in [0.4, 0.5) is 5.82 Å². The molecule has 0 bridgehead atoms. The molecule has 1 heterocycles. The Morgan fingerprint density at radius 3 is 3.07 bits per heavy atom. The van der Waals surface area contributed by atoms with Gasteiger partial charge in [-0.15, -0.1) is 0 Å². The fourth-order valence-corrected chi connectivity index (χ4v) is 1.14. The zero-order valence-electron chi connectivity index (χ0n) is 7.96. The lowest BCUT2D eigenvalue weighted by Gasteiger charge is -2.05. The van der Waals surface area contributed by atoms with Gasteiger partial charge in [0.15, 0.2) is 5.82 Å². The normalized spacial score (nSPS) is 9.86. The first kappa shape index (κ1) is 11.0. The molecule has 0 fully saturated rings. The molecule has 0 spiro atoms. The van der Waals surface area contributed by atoms with Gasteiger partial charge < -0.3 is 9.88 Å². The number of nitrogens with one attached hydrogen (secondary N) is 1. The van der Waals surface area contributed by atoms with Crippen molar-refractivity contribution in [2.75, 3.05) is 11.9 Å². The molecular formula is C9H12BrN3O. The Hall–Kier alpha value is -1.10. The van der Waals surface area contributed by atoms with Gasteiger partial charge in [-0.2, -0.15) is 0 Å². The Balaban J connectivity index is 2.87. The predicted molar refractivity (Wildman–Crippen MR) is 60.7 cm³/mol. The van der Waals surface area contributed by atoms with Crippen LogP contribution in [0.2, 0.25) is 0 Å². The molecule has 1 rings (SSSR count). The third-order valence-electron chi connectivity index (χ3n) is 1.70. The highest BCUT2D eigenvalue weighted by Crippen LogP contribution is 2.01. The molecule has 0 amide bonds. The molecule has 1 N–H and O–H groups in total. The van der Waals surface area contributed by atoms with Gasteiger partial charge in [-0.25, -0.2) is 4.98 Å². The molecule has 5 heteroatoms. The number of aromatic nitrogens is 2. The van der Waals surface area contributed by atoms with E-state index in [-0.39, 0.29) is 5.56 Å². The minimum atomic E-state index is -0.108. The third-order valence-corrected chi connectivity index (χ3v) is 1.98. The Labute approximate surface area is 90.8 Å². The van der Waals surface area contributed by atoms with Gasteiger partial charge in [-0.3, -0.25) is 4.79 Å². The van der Waals surface area contributed by atoms with Crippen molar-refractivity contribution in [3.8, 4) is 0 Å². The van der Waals surface area contributed by atoms with E-state index in [9.17, 15) is 4.79 Å². The summed E-state index contributed by atoms with van der Waals surface area (Å²) in [5, 5.41) is 2.90. The lowest BCUT2D eigenvalue weighted by molar-refractivity contribution is 0.719. The molecule has 0 radical (unpaired) electrons. The SMILES string of the molecule is C=C(Br)CNc1nccn(CC)c1=O. The predicted octanol–water partition coefficient (Wildman–Crippen LogP) is 1.58. The van der Waals surface area contributed by atoms with Gasteiger partial charge >= 0.3 is 0 Å². The summed E-state index contributed by atoms with van der Waals surface area (Å²) in [7, 11) is 0. The van der Waals surface area contributed by atoms with E-state index in [0.29, 0.717) is 18.9 Å². The van der Waals surface area contributed by atoms with Gasteiger partial charge in [0.25, 0.3) is 5.56 Å². The lowest BCUT2D eigenvalue weighted by Crippen LogP contribution is -2.23. The number of anilines is 1. The smallest absolute Gasteiger partial charge is 0.293 e. The van der Waals surface area contributed by atoms with E-state index < -0.39 is 0 Å². The van der Waals surface area contributed by atoms with Crippen molar-refractivity contribution in [3.63, 3.8) is 0 Å². The van der Waals surface area contributed by atoms with Crippen LogP contribution in [0.5, 0.6) is 0 Å². The number of aryl methyl sites for hydroxylation is 1. The number of halogens is 1. The summed E-state index contributed by atoms with van der Waals surface area (Å²) in [6.07, 6.45) is 3.26. The van der Waals surface area contributed by atoms with Crippen LogP contribution in [-0.4, -0.2) is 16.1 Å². The van der Waals surface area contributed by atoms with Gasteiger partial charge in [0.2, 0.25) is 0 Å². The largest absolute Gasteiger partial charge is 0.361 e. The second kappa shape index (κ2) is 4.95. The Morgan fingerprint density at radius 2 is 2.50 bits per heavy atom. The highest BCUT2D eigenvalue weighted by Gasteiger charge is 2.02. The first-order valence-electron chi connectivity index (χ1n) is 4.27. The van der Waals surface area contributed by atoms with Crippen LogP contribution in [-0.2, 0) is 6.54 Å². The summed E-state index contributed by atoms with van der Waals surface area (Å²) in [4.78, 5) is 15.6. The molecule has 0 aliphatic rings. The molecule has 0 aromatic carbocycles. The molecule has 4 nitrogen and oxygen atoms in total. The fraction of sp³-hybridized carbons (Fsp3) is 0.333. The molecule has 0 unspecified atom stereocenters. The fourth-order valence-electron chi connectivity index (χ4n) is 0.997. The van der Waals surface area contributed by atoms with Crippen LogP contribution >= 0.6 is 15.9 Å². The van der Waals surface area contributed by atoms with Gasteiger partial charge in [0.05, 0.1) is 0 Å². The van der Waals surface area contributed by atoms with Crippen molar-refractivity contribution in [3.05, 3.63) is 33.8 Å². The van der Waals surface area contributed by atoms with Crippen molar-refractivity contribution in [2.45, 2.75) is 13.5 Å². The molecule has 76 valence electrons. The first-order chi connectivity index (χ1) is 6.65. The molecule has 14 heavy (non-hydrogen) atoms. The summed E-state index contributed by atoms with van der Waals surface area (Å²) in [5.41, 5.74) is -0.108. The van der Waals surface area contributed by atoms with E-state index in [1.807, 2.05) is 6.92 Å². The van der Waals surface area contributed by atoms with Crippen LogP contribution in [0.15, 0.2) is 28.2 Å². The second-order valence-electron chi connectivity index (χ2n) is 2.74. The molecule has 0 atom stereocenters. The molecule has 0 aliphatic carbocycles. The topological polar surface area (TPSA) is 46.9 Å². The van der Waals surface area contributed by atoms with Crippen LogP contribution < -0.4 is 10.9 Å². The van der Waals surface area contributed by atoms with Gasteiger partial charge in [0.1, 0.15) is 0 Å². The van der Waals surface area contributed by atoms with Gasteiger partial charge in [0, 0.05) is 30.0 Å². The van der Waals surface area contributed by atoms with Crippen LogP contribution in [0.25, 0.3) is 0 Å². The summed E-state index contributed by atoms with van der Waals surface area (Å²) < 4.78 is 2.37. The summed E-state index contributed by atoms with van der Waals surface area (Å²) >= 11 is 3.20. The van der Waals surface area contributed by atoms with Crippen molar-refractivity contribution in [1.82, 2.24) is 9.55 Å². The minimum absolute atomic E-state index is 0.108. The first-order valence-corrected chi connectivity index (χ1v) is 5.07. The maximum absolute atomic E-state index is 11.6. The highest BCUT2D eigenvalue weighted by molar-refractivity contribution is 9.11. The Morgan fingerprint density at radius 1 is 1.79 bits per heavy atom. The van der Waals surface area contributed by atoms with Crippen LogP contribution in [0.3, 0.4) is 0 Å². The van der Waals surface area contributed by atoms with E-state index in [1.54, 1.807) is 17.0 Å². The summed E-state index contributed by atoms with van der Waals surface area (Å²) in [6.45, 7) is 6.71. The summed E-state index contributed by atoms with van der Waals surface area (Å²) in [6, 6.07) is 0. The van der Waals surface area contributed by atoms with Crippen molar-refractivity contribution in [2.24, 2.45) is 0 Å². The zero-order valence-corrected chi connectivity index (χ0v) is 9.54. The molecule has 1 aromatic heterocycles. The Bertz CT molecular complexity index is 386. The van der Waals surface area contributed by atoms with E-state index >= 15 is 0 Å². The summed E-state index contributed by atoms with van der Waals surface area (Å²) in [5.74, 6) is 0.356. The average molecular weight is 258 g/mol. The third kappa shape index (κ3) is 2.70. The minimum Gasteiger partial charge on any atom is -0.361 e. The van der Waals surface area contributed by atoms with E-state index in [0.717, 1.165) is 4.48 Å². The maximum atomic E-state index is 11.6. The monoisotopic (exact) mass is 257 g/mol. The highest BCUT2D eigenvalue weighted by atomic mass is 79.9. The van der Waals surface area contributed by atoms with Gasteiger partial charge in [-0.05, 0) is 6.92 Å². The second-order valence-corrected chi connectivity index (χ2v) is 3.86. The number of hydrogen-bond acceptors (Lipinski definition) is 3. The van der Waals surface area contributed by atoms with Gasteiger partial charge in [-0.1, -0.05) is 22.5 Å². The molecule has 0 aliphatic heterocycles. The average Bonchev–Trinajstić information content (AvgIpc) is 2.16. The van der Waals surface area contributed by atoms with Crippen LogP contribution in [0.1, 0.15) is 6.92 Å². The molecule has 0 saturated carbocycles. The number of nitrogens with zero attached hydrogens (tertiary/aromatic N) is 2. The van der Waals surface area contributed by atoms with Crippen LogP contribution in [0, 0.1) is 0 Å². The Kier molecular flexibility index (Phi) is 3.88. The number of rotatable bonds is 4. The maximum Gasteiger partial charge on any atom is 0.293 e. The lowest BCUT2D eigenvalue weighted by atomic mass is 10.5. The number of hydrogen-bond donors (Lipinski definition) is 1. The van der Waals surface area contributed by atoms with Crippen molar-refractivity contribution in [1.29, 1.82) is 0 Å².